The van der Waals surface area contributed by atoms with Gasteiger partial charge in [0.1, 0.15) is 5.75 Å². The van der Waals surface area contributed by atoms with E-state index in [1.54, 1.807) is 0 Å². The molecule has 1 aromatic carbocycles. The molecule has 0 radical (unpaired) electrons. The molecule has 6 heteroatoms. The molecule has 2 rings (SSSR count). The van der Waals surface area contributed by atoms with Crippen LogP contribution in [0.4, 0.5) is 5.69 Å². The molecule has 1 heterocycles. The van der Waals surface area contributed by atoms with Crippen LogP contribution in [0.25, 0.3) is 0 Å². The highest BCUT2D eigenvalue weighted by Gasteiger charge is 2.22. The molecular weight excluding hydrogens is 294 g/mol. The van der Waals surface area contributed by atoms with Gasteiger partial charge < -0.3 is 15.4 Å². The van der Waals surface area contributed by atoms with E-state index < -0.39 is 0 Å². The van der Waals surface area contributed by atoms with Crippen molar-refractivity contribution in [3.8, 4) is 5.75 Å². The van der Waals surface area contributed by atoms with E-state index in [1.807, 2.05) is 52.8 Å². The minimum Gasteiger partial charge on any atom is -0.482 e. The topological polar surface area (TPSA) is 79.5 Å². The van der Waals surface area contributed by atoms with Crippen LogP contribution in [-0.4, -0.2) is 30.0 Å². The van der Waals surface area contributed by atoms with Crippen LogP contribution in [0.3, 0.4) is 0 Å². The Labute approximate surface area is 137 Å². The number of ether oxygens (including phenoxy) is 1. The molecule has 1 aliphatic heterocycles. The van der Waals surface area contributed by atoms with Crippen molar-refractivity contribution in [2.45, 2.75) is 52.2 Å². The quantitative estimate of drug-likeness (QED) is 0.793. The van der Waals surface area contributed by atoms with Gasteiger partial charge in [0.05, 0.1) is 11.7 Å². The first-order valence-corrected chi connectivity index (χ1v) is 7.80. The summed E-state index contributed by atoms with van der Waals surface area (Å²) in [6.45, 7) is 9.72. The number of benzene rings is 1. The van der Waals surface area contributed by atoms with Crippen molar-refractivity contribution in [2.75, 3.05) is 11.9 Å². The Bertz CT molecular complexity index is 608. The Morgan fingerprint density at radius 1 is 1.30 bits per heavy atom. The molecule has 2 atom stereocenters. The first kappa shape index (κ1) is 17.3. The largest absolute Gasteiger partial charge is 0.482 e. The second-order valence-corrected chi connectivity index (χ2v) is 6.94. The average Bonchev–Trinajstić information content (AvgIpc) is 2.44. The van der Waals surface area contributed by atoms with Crippen molar-refractivity contribution in [3.05, 3.63) is 23.8 Å². The van der Waals surface area contributed by atoms with Gasteiger partial charge in [0, 0.05) is 11.6 Å². The van der Waals surface area contributed by atoms with Gasteiger partial charge in [0.2, 0.25) is 5.91 Å². The molecule has 0 aliphatic carbocycles. The zero-order valence-corrected chi connectivity index (χ0v) is 14.3. The first-order valence-electron chi connectivity index (χ1n) is 7.80. The van der Waals surface area contributed by atoms with E-state index in [4.69, 9.17) is 4.74 Å². The van der Waals surface area contributed by atoms with Crippen LogP contribution in [0.5, 0.6) is 5.75 Å². The molecule has 126 valence electrons. The summed E-state index contributed by atoms with van der Waals surface area (Å²) in [5, 5.41) is 9.02. The SMILES string of the molecule is CC(NC(C)c1ccc2c(c1)NC(=O)CO2)C(=O)NC(C)(C)C. The lowest BCUT2D eigenvalue weighted by Crippen LogP contribution is -2.49. The van der Waals surface area contributed by atoms with Gasteiger partial charge in [-0.05, 0) is 52.3 Å². The standard InChI is InChI=1S/C17H25N3O3/c1-10(18-11(2)16(22)20-17(3,4)5)12-6-7-14-13(8-12)19-15(21)9-23-14/h6-8,10-11,18H,9H2,1-5H3,(H,19,21)(H,20,22). The third kappa shape index (κ3) is 4.69. The van der Waals surface area contributed by atoms with Crippen molar-refractivity contribution in [2.24, 2.45) is 0 Å². The van der Waals surface area contributed by atoms with E-state index in [0.29, 0.717) is 11.4 Å². The third-order valence-electron chi connectivity index (χ3n) is 3.53. The normalized spacial score (nSPS) is 16.7. The molecule has 6 nitrogen and oxygen atoms in total. The monoisotopic (exact) mass is 319 g/mol. The molecule has 1 aromatic rings. The Hall–Kier alpha value is -2.08. The van der Waals surface area contributed by atoms with Crippen LogP contribution in [0, 0.1) is 0 Å². The predicted octanol–water partition coefficient (Wildman–Crippen LogP) is 1.97. The number of anilines is 1. The van der Waals surface area contributed by atoms with Gasteiger partial charge in [-0.25, -0.2) is 0 Å². The van der Waals surface area contributed by atoms with Crippen LogP contribution < -0.4 is 20.7 Å². The van der Waals surface area contributed by atoms with Crippen LogP contribution >= 0.6 is 0 Å². The lowest BCUT2D eigenvalue weighted by atomic mass is 10.0. The second kappa shape index (κ2) is 6.58. The summed E-state index contributed by atoms with van der Waals surface area (Å²) >= 11 is 0. The van der Waals surface area contributed by atoms with E-state index in [2.05, 4.69) is 16.0 Å². The van der Waals surface area contributed by atoms with Crippen LogP contribution in [0.1, 0.15) is 46.2 Å². The lowest BCUT2D eigenvalue weighted by Gasteiger charge is -2.26. The number of amides is 2. The molecule has 0 saturated carbocycles. The van der Waals surface area contributed by atoms with E-state index in [1.165, 1.54) is 0 Å². The summed E-state index contributed by atoms with van der Waals surface area (Å²) < 4.78 is 5.35. The van der Waals surface area contributed by atoms with E-state index in [9.17, 15) is 9.59 Å². The van der Waals surface area contributed by atoms with Crippen molar-refractivity contribution in [1.82, 2.24) is 10.6 Å². The lowest BCUT2D eigenvalue weighted by molar-refractivity contribution is -0.124. The molecular formula is C17H25N3O3. The fourth-order valence-electron chi connectivity index (χ4n) is 2.39. The van der Waals surface area contributed by atoms with E-state index >= 15 is 0 Å². The van der Waals surface area contributed by atoms with E-state index in [0.717, 1.165) is 5.56 Å². The summed E-state index contributed by atoms with van der Waals surface area (Å²) in [6.07, 6.45) is 0. The fraction of sp³-hybridized carbons (Fsp3) is 0.529. The number of nitrogens with one attached hydrogen (secondary N) is 3. The number of carbonyl (C=O) groups is 2. The van der Waals surface area contributed by atoms with Gasteiger partial charge in [-0.2, -0.15) is 0 Å². The van der Waals surface area contributed by atoms with Crippen molar-refractivity contribution in [1.29, 1.82) is 0 Å². The summed E-state index contributed by atoms with van der Waals surface area (Å²) in [6, 6.07) is 5.27. The van der Waals surface area contributed by atoms with Crippen LogP contribution in [0.15, 0.2) is 18.2 Å². The summed E-state index contributed by atoms with van der Waals surface area (Å²) in [7, 11) is 0. The Balaban J connectivity index is 2.03. The maximum absolute atomic E-state index is 12.2. The Kier molecular flexibility index (Phi) is 4.94. The fourth-order valence-corrected chi connectivity index (χ4v) is 2.39. The summed E-state index contributed by atoms with van der Waals surface area (Å²) in [5.41, 5.74) is 1.38. The van der Waals surface area contributed by atoms with Gasteiger partial charge in [0.25, 0.3) is 5.91 Å². The predicted molar refractivity (Wildman–Crippen MR) is 89.5 cm³/mol. The molecule has 0 bridgehead atoms. The second-order valence-electron chi connectivity index (χ2n) is 6.94. The molecule has 0 spiro atoms. The summed E-state index contributed by atoms with van der Waals surface area (Å²) in [4.78, 5) is 23.6. The number of carbonyl (C=O) groups excluding carboxylic acids is 2. The van der Waals surface area contributed by atoms with Gasteiger partial charge >= 0.3 is 0 Å². The maximum Gasteiger partial charge on any atom is 0.262 e. The highest BCUT2D eigenvalue weighted by Crippen LogP contribution is 2.30. The zero-order valence-electron chi connectivity index (χ0n) is 14.3. The number of fused-ring (bicyclic) bond motifs is 1. The Morgan fingerprint density at radius 3 is 2.65 bits per heavy atom. The average molecular weight is 319 g/mol. The number of hydrogen-bond donors (Lipinski definition) is 3. The van der Waals surface area contributed by atoms with Crippen molar-refractivity contribution >= 4 is 17.5 Å². The molecule has 23 heavy (non-hydrogen) atoms. The van der Waals surface area contributed by atoms with Crippen LogP contribution in [-0.2, 0) is 9.59 Å². The molecule has 0 saturated heterocycles. The van der Waals surface area contributed by atoms with Gasteiger partial charge in [-0.3, -0.25) is 14.9 Å². The summed E-state index contributed by atoms with van der Waals surface area (Å²) in [5.74, 6) is 0.464. The molecule has 0 aromatic heterocycles. The molecule has 3 N–H and O–H groups in total. The molecule has 2 unspecified atom stereocenters. The zero-order chi connectivity index (χ0) is 17.2. The van der Waals surface area contributed by atoms with Crippen molar-refractivity contribution in [3.63, 3.8) is 0 Å². The minimum atomic E-state index is -0.328. The van der Waals surface area contributed by atoms with Gasteiger partial charge in [-0.15, -0.1) is 0 Å². The maximum atomic E-state index is 12.2. The first-order chi connectivity index (χ1) is 10.7. The highest BCUT2D eigenvalue weighted by atomic mass is 16.5. The van der Waals surface area contributed by atoms with Gasteiger partial charge in [0.15, 0.2) is 6.61 Å². The van der Waals surface area contributed by atoms with Crippen molar-refractivity contribution < 1.29 is 14.3 Å². The minimum absolute atomic E-state index is 0.0418. The highest BCUT2D eigenvalue weighted by molar-refractivity contribution is 5.95. The molecule has 1 aliphatic rings. The van der Waals surface area contributed by atoms with Gasteiger partial charge in [-0.1, -0.05) is 6.07 Å². The number of rotatable bonds is 4. The number of hydrogen-bond acceptors (Lipinski definition) is 4. The smallest absolute Gasteiger partial charge is 0.262 e. The Morgan fingerprint density at radius 2 is 2.00 bits per heavy atom. The molecule has 2 amide bonds. The third-order valence-corrected chi connectivity index (χ3v) is 3.53. The molecule has 0 fully saturated rings. The van der Waals surface area contributed by atoms with E-state index in [-0.39, 0.29) is 36.0 Å². The van der Waals surface area contributed by atoms with Crippen LogP contribution in [0.2, 0.25) is 0 Å².